The zero-order valence-corrected chi connectivity index (χ0v) is 21.4. The molecule has 33 heavy (non-hydrogen) atoms. The molecule has 0 saturated heterocycles. The van der Waals surface area contributed by atoms with Crippen molar-refractivity contribution < 1.29 is 18.0 Å². The molecular formula is C25H35N3O4S. The number of carbonyl (C=O) groups excluding carboxylic acids is 2. The van der Waals surface area contributed by atoms with E-state index in [0.29, 0.717) is 5.69 Å². The maximum Gasteiger partial charge on any atom is 0.244 e. The highest BCUT2D eigenvalue weighted by molar-refractivity contribution is 7.92. The lowest BCUT2D eigenvalue weighted by Crippen LogP contribution is -2.54. The number of amides is 2. The number of nitrogens with one attached hydrogen (secondary N) is 1. The fourth-order valence-electron chi connectivity index (χ4n) is 3.27. The molecule has 0 fully saturated rings. The number of hydrogen-bond acceptors (Lipinski definition) is 4. The largest absolute Gasteiger partial charge is 0.350 e. The van der Waals surface area contributed by atoms with Gasteiger partial charge in [-0.2, -0.15) is 0 Å². The first-order chi connectivity index (χ1) is 15.2. The maximum atomic E-state index is 13.5. The lowest BCUT2D eigenvalue weighted by atomic mass is 10.1. The van der Waals surface area contributed by atoms with Crippen LogP contribution in [0.25, 0.3) is 0 Å². The summed E-state index contributed by atoms with van der Waals surface area (Å²) in [5.74, 6) is -0.762. The Morgan fingerprint density at radius 1 is 0.939 bits per heavy atom. The summed E-state index contributed by atoms with van der Waals surface area (Å²) in [6.45, 7) is 10.9. The van der Waals surface area contributed by atoms with Crippen LogP contribution in [-0.4, -0.2) is 49.5 Å². The molecule has 0 saturated carbocycles. The van der Waals surface area contributed by atoms with Crippen molar-refractivity contribution in [2.45, 2.75) is 59.7 Å². The average molecular weight is 474 g/mol. The van der Waals surface area contributed by atoms with Crippen LogP contribution >= 0.6 is 0 Å². The summed E-state index contributed by atoms with van der Waals surface area (Å²) in [5.41, 5.74) is 2.85. The van der Waals surface area contributed by atoms with E-state index < -0.39 is 34.1 Å². The van der Waals surface area contributed by atoms with Gasteiger partial charge in [0.2, 0.25) is 21.8 Å². The third-order valence-corrected chi connectivity index (χ3v) is 6.28. The molecule has 7 nitrogen and oxygen atoms in total. The SMILES string of the molecule is Cc1ccc(CN(C(=O)CN(c2ccc(C)cc2)S(C)(=O)=O)C(C)C(=O)NC(C)(C)C)cc1. The molecule has 1 atom stereocenters. The second kappa shape index (κ2) is 10.4. The molecule has 2 aromatic carbocycles. The van der Waals surface area contributed by atoms with Gasteiger partial charge >= 0.3 is 0 Å². The number of sulfonamides is 1. The highest BCUT2D eigenvalue weighted by Gasteiger charge is 2.31. The number of rotatable bonds is 8. The van der Waals surface area contributed by atoms with Crippen LogP contribution in [0.4, 0.5) is 5.69 Å². The number of aryl methyl sites for hydroxylation is 2. The summed E-state index contributed by atoms with van der Waals surface area (Å²) >= 11 is 0. The van der Waals surface area contributed by atoms with E-state index in [1.54, 1.807) is 31.2 Å². The minimum atomic E-state index is -3.73. The fraction of sp³-hybridized carbons (Fsp3) is 0.440. The van der Waals surface area contributed by atoms with Gasteiger partial charge in [0, 0.05) is 12.1 Å². The van der Waals surface area contributed by atoms with Crippen molar-refractivity contribution in [2.75, 3.05) is 17.1 Å². The molecule has 8 heteroatoms. The maximum absolute atomic E-state index is 13.5. The standard InChI is InChI=1S/C25H35N3O4S/c1-18-8-12-21(13-9-18)16-27(20(3)24(30)26-25(4,5)6)23(29)17-28(33(7,31)32)22-14-10-19(2)11-15-22/h8-15,20H,16-17H2,1-7H3,(H,26,30). The summed E-state index contributed by atoms with van der Waals surface area (Å²) in [7, 11) is -3.73. The Morgan fingerprint density at radius 2 is 1.42 bits per heavy atom. The van der Waals surface area contributed by atoms with Crippen LogP contribution in [-0.2, 0) is 26.2 Å². The number of nitrogens with zero attached hydrogens (tertiary/aromatic N) is 2. The minimum absolute atomic E-state index is 0.184. The first-order valence-electron chi connectivity index (χ1n) is 10.9. The summed E-state index contributed by atoms with van der Waals surface area (Å²) in [6, 6.07) is 13.8. The number of benzene rings is 2. The van der Waals surface area contributed by atoms with Gasteiger partial charge in [-0.1, -0.05) is 47.5 Å². The van der Waals surface area contributed by atoms with E-state index >= 15 is 0 Å². The van der Waals surface area contributed by atoms with Gasteiger partial charge in [0.1, 0.15) is 12.6 Å². The minimum Gasteiger partial charge on any atom is -0.350 e. The molecule has 2 aromatic rings. The molecule has 0 heterocycles. The predicted molar refractivity (Wildman–Crippen MR) is 132 cm³/mol. The Bertz CT molecular complexity index is 1070. The Balaban J connectivity index is 2.38. The van der Waals surface area contributed by atoms with Gasteiger partial charge in [-0.3, -0.25) is 13.9 Å². The molecule has 2 rings (SSSR count). The van der Waals surface area contributed by atoms with Gasteiger partial charge in [0.15, 0.2) is 0 Å². The van der Waals surface area contributed by atoms with Gasteiger partial charge in [-0.25, -0.2) is 8.42 Å². The third kappa shape index (κ3) is 7.89. The van der Waals surface area contributed by atoms with Crippen molar-refractivity contribution in [3.63, 3.8) is 0 Å². The average Bonchev–Trinajstić information content (AvgIpc) is 2.69. The van der Waals surface area contributed by atoms with E-state index in [1.807, 2.05) is 58.9 Å². The van der Waals surface area contributed by atoms with Crippen LogP contribution in [0.15, 0.2) is 48.5 Å². The van der Waals surface area contributed by atoms with Crippen molar-refractivity contribution in [2.24, 2.45) is 0 Å². The topological polar surface area (TPSA) is 86.8 Å². The van der Waals surface area contributed by atoms with E-state index in [4.69, 9.17) is 0 Å². The number of carbonyl (C=O) groups is 2. The highest BCUT2D eigenvalue weighted by atomic mass is 32.2. The molecular weight excluding hydrogens is 438 g/mol. The predicted octanol–water partition coefficient (Wildman–Crippen LogP) is 3.40. The summed E-state index contributed by atoms with van der Waals surface area (Å²) in [4.78, 5) is 27.8. The molecule has 0 aromatic heterocycles. The molecule has 0 spiro atoms. The van der Waals surface area contributed by atoms with Gasteiger partial charge in [0.25, 0.3) is 0 Å². The smallest absolute Gasteiger partial charge is 0.244 e. The Kier molecular flexibility index (Phi) is 8.30. The lowest BCUT2D eigenvalue weighted by molar-refractivity contribution is -0.140. The summed E-state index contributed by atoms with van der Waals surface area (Å²) in [6.07, 6.45) is 1.07. The van der Waals surface area contributed by atoms with Crippen molar-refractivity contribution in [1.29, 1.82) is 0 Å². The van der Waals surface area contributed by atoms with Gasteiger partial charge in [-0.05, 0) is 59.2 Å². The second-order valence-electron chi connectivity index (χ2n) is 9.53. The normalized spacial score (nSPS) is 12.7. The van der Waals surface area contributed by atoms with E-state index in [9.17, 15) is 18.0 Å². The Labute approximate surface area is 197 Å². The molecule has 1 N–H and O–H groups in total. The van der Waals surface area contributed by atoms with Crippen LogP contribution in [0.2, 0.25) is 0 Å². The Hall–Kier alpha value is -2.87. The van der Waals surface area contributed by atoms with Crippen molar-refractivity contribution in [3.05, 3.63) is 65.2 Å². The van der Waals surface area contributed by atoms with Crippen molar-refractivity contribution >= 4 is 27.5 Å². The molecule has 1 unspecified atom stereocenters. The zero-order chi connectivity index (χ0) is 25.0. The van der Waals surface area contributed by atoms with Gasteiger partial charge in [0.05, 0.1) is 11.9 Å². The van der Waals surface area contributed by atoms with Crippen LogP contribution < -0.4 is 9.62 Å². The molecule has 0 aliphatic rings. The number of anilines is 1. The molecule has 2 amide bonds. The molecule has 0 bridgehead atoms. The van der Waals surface area contributed by atoms with Gasteiger partial charge in [-0.15, -0.1) is 0 Å². The molecule has 0 aliphatic carbocycles. The van der Waals surface area contributed by atoms with E-state index in [2.05, 4.69) is 5.32 Å². The van der Waals surface area contributed by atoms with Crippen LogP contribution in [0.3, 0.4) is 0 Å². The first kappa shape index (κ1) is 26.4. The van der Waals surface area contributed by atoms with Crippen molar-refractivity contribution in [1.82, 2.24) is 10.2 Å². The quantitative estimate of drug-likeness (QED) is 0.637. The van der Waals surface area contributed by atoms with Crippen molar-refractivity contribution in [3.8, 4) is 0 Å². The van der Waals surface area contributed by atoms with Crippen LogP contribution in [0.5, 0.6) is 0 Å². The summed E-state index contributed by atoms with van der Waals surface area (Å²) < 4.78 is 26.2. The summed E-state index contributed by atoms with van der Waals surface area (Å²) in [5, 5.41) is 2.91. The van der Waals surface area contributed by atoms with E-state index in [1.165, 1.54) is 4.90 Å². The monoisotopic (exact) mass is 473 g/mol. The van der Waals surface area contributed by atoms with E-state index in [0.717, 1.165) is 27.3 Å². The highest BCUT2D eigenvalue weighted by Crippen LogP contribution is 2.20. The van der Waals surface area contributed by atoms with E-state index in [-0.39, 0.29) is 12.5 Å². The van der Waals surface area contributed by atoms with Gasteiger partial charge < -0.3 is 10.2 Å². The zero-order valence-electron chi connectivity index (χ0n) is 20.5. The molecule has 0 radical (unpaired) electrons. The Morgan fingerprint density at radius 3 is 1.88 bits per heavy atom. The molecule has 0 aliphatic heterocycles. The fourth-order valence-corrected chi connectivity index (χ4v) is 4.12. The first-order valence-corrected chi connectivity index (χ1v) is 12.7. The third-order valence-electron chi connectivity index (χ3n) is 5.14. The molecule has 180 valence electrons. The number of hydrogen-bond donors (Lipinski definition) is 1. The second-order valence-corrected chi connectivity index (χ2v) is 11.4. The lowest BCUT2D eigenvalue weighted by Gasteiger charge is -2.33. The van der Waals surface area contributed by atoms with Crippen LogP contribution in [0, 0.1) is 13.8 Å². The van der Waals surface area contributed by atoms with Crippen LogP contribution in [0.1, 0.15) is 44.4 Å².